The van der Waals surface area contributed by atoms with Crippen molar-refractivity contribution in [3.63, 3.8) is 0 Å². The summed E-state index contributed by atoms with van der Waals surface area (Å²) in [7, 11) is 1.56. The smallest absolute Gasteiger partial charge is 0.256 e. The van der Waals surface area contributed by atoms with Crippen molar-refractivity contribution in [2.24, 2.45) is 0 Å². The molecule has 5 nitrogen and oxygen atoms in total. The van der Waals surface area contributed by atoms with Crippen molar-refractivity contribution in [2.75, 3.05) is 12.8 Å². The third kappa shape index (κ3) is 1.99. The van der Waals surface area contributed by atoms with Gasteiger partial charge in [0.05, 0.1) is 18.2 Å². The number of benzene rings is 1. The zero-order valence-corrected chi connectivity index (χ0v) is 9.65. The van der Waals surface area contributed by atoms with Gasteiger partial charge in [-0.05, 0) is 19.1 Å². The van der Waals surface area contributed by atoms with E-state index in [0.717, 1.165) is 0 Å². The van der Waals surface area contributed by atoms with E-state index in [2.05, 4.69) is 9.97 Å². The lowest BCUT2D eigenvalue weighted by Crippen LogP contribution is -2.15. The topological polar surface area (TPSA) is 81.0 Å². The number of nitrogens with one attached hydrogen (secondary N) is 1. The van der Waals surface area contributed by atoms with Crippen LogP contribution in [-0.2, 0) is 0 Å². The van der Waals surface area contributed by atoms with E-state index >= 15 is 0 Å². The zero-order chi connectivity index (χ0) is 12.4. The Labute approximate surface area is 98.3 Å². The Hall–Kier alpha value is -2.30. The van der Waals surface area contributed by atoms with Crippen molar-refractivity contribution in [2.45, 2.75) is 6.92 Å². The Balaban J connectivity index is 2.65. The fourth-order valence-electron chi connectivity index (χ4n) is 1.52. The summed E-state index contributed by atoms with van der Waals surface area (Å²) >= 11 is 0. The molecule has 1 heterocycles. The van der Waals surface area contributed by atoms with Crippen LogP contribution in [0, 0.1) is 6.92 Å². The molecule has 0 aliphatic rings. The minimum absolute atomic E-state index is 0.231. The fraction of sp³-hybridized carbons (Fsp3) is 0.167. The van der Waals surface area contributed by atoms with E-state index < -0.39 is 0 Å². The maximum atomic E-state index is 11.6. The highest BCUT2D eigenvalue weighted by Gasteiger charge is 2.10. The SMILES string of the molecule is COc1ccccc1-c1nc(N)c(C)c(=O)[nH]1. The summed E-state index contributed by atoms with van der Waals surface area (Å²) in [6.45, 7) is 1.63. The van der Waals surface area contributed by atoms with Gasteiger partial charge in [0, 0.05) is 0 Å². The summed E-state index contributed by atoms with van der Waals surface area (Å²) in [5, 5.41) is 0. The Kier molecular flexibility index (Phi) is 2.82. The van der Waals surface area contributed by atoms with Crippen LogP contribution in [0.1, 0.15) is 5.56 Å². The molecular formula is C12H13N3O2. The Morgan fingerprint density at radius 2 is 2.06 bits per heavy atom. The van der Waals surface area contributed by atoms with Gasteiger partial charge >= 0.3 is 0 Å². The number of nitrogens with zero attached hydrogens (tertiary/aromatic N) is 1. The molecule has 2 rings (SSSR count). The van der Waals surface area contributed by atoms with E-state index in [9.17, 15) is 4.79 Å². The van der Waals surface area contributed by atoms with Gasteiger partial charge in [-0.25, -0.2) is 4.98 Å². The molecule has 0 radical (unpaired) electrons. The number of nitrogens with two attached hydrogens (primary N) is 1. The number of para-hydroxylation sites is 1. The van der Waals surface area contributed by atoms with Gasteiger partial charge in [-0.2, -0.15) is 0 Å². The Morgan fingerprint density at radius 3 is 2.71 bits per heavy atom. The first-order chi connectivity index (χ1) is 8.13. The van der Waals surface area contributed by atoms with Gasteiger partial charge in [-0.3, -0.25) is 4.79 Å². The van der Waals surface area contributed by atoms with Crippen molar-refractivity contribution in [1.29, 1.82) is 0 Å². The normalized spacial score (nSPS) is 10.2. The lowest BCUT2D eigenvalue weighted by Gasteiger charge is -2.08. The number of hydrogen-bond acceptors (Lipinski definition) is 4. The highest BCUT2D eigenvalue weighted by molar-refractivity contribution is 5.65. The van der Waals surface area contributed by atoms with Gasteiger partial charge in [0.2, 0.25) is 0 Å². The third-order valence-corrected chi connectivity index (χ3v) is 2.55. The highest BCUT2D eigenvalue weighted by Crippen LogP contribution is 2.26. The van der Waals surface area contributed by atoms with E-state index in [-0.39, 0.29) is 11.4 Å². The standard InChI is InChI=1S/C12H13N3O2/c1-7-10(13)14-11(15-12(7)16)8-5-3-4-6-9(8)17-2/h3-6H,1-2H3,(H3,13,14,15,16). The van der Waals surface area contributed by atoms with Gasteiger partial charge in [0.25, 0.3) is 5.56 Å². The van der Waals surface area contributed by atoms with Crippen molar-refractivity contribution >= 4 is 5.82 Å². The monoisotopic (exact) mass is 231 g/mol. The molecule has 1 aromatic carbocycles. The average molecular weight is 231 g/mol. The molecule has 0 amide bonds. The van der Waals surface area contributed by atoms with E-state index in [1.165, 1.54) is 0 Å². The molecule has 0 spiro atoms. The maximum Gasteiger partial charge on any atom is 0.256 e. The molecule has 0 aliphatic carbocycles. The first-order valence-corrected chi connectivity index (χ1v) is 5.13. The zero-order valence-electron chi connectivity index (χ0n) is 9.65. The number of anilines is 1. The van der Waals surface area contributed by atoms with E-state index in [1.807, 2.05) is 18.2 Å². The Bertz CT molecular complexity index is 605. The van der Waals surface area contributed by atoms with E-state index in [1.54, 1.807) is 20.1 Å². The molecule has 2 aromatic rings. The molecule has 0 saturated heterocycles. The van der Waals surface area contributed by atoms with Gasteiger partial charge in [-0.15, -0.1) is 0 Å². The summed E-state index contributed by atoms with van der Waals surface area (Å²) in [5.41, 5.74) is 6.57. The fourth-order valence-corrected chi connectivity index (χ4v) is 1.52. The van der Waals surface area contributed by atoms with Crippen LogP contribution in [0.2, 0.25) is 0 Å². The predicted octanol–water partition coefficient (Wildman–Crippen LogP) is 1.34. The number of nitrogen functional groups attached to an aromatic ring is 1. The molecule has 5 heteroatoms. The second-order valence-corrected chi connectivity index (χ2v) is 3.63. The summed E-state index contributed by atoms with van der Waals surface area (Å²) in [6.07, 6.45) is 0. The number of aromatic amines is 1. The first-order valence-electron chi connectivity index (χ1n) is 5.13. The molecule has 0 saturated carbocycles. The van der Waals surface area contributed by atoms with Crippen LogP contribution < -0.4 is 16.0 Å². The number of H-pyrrole nitrogens is 1. The Morgan fingerprint density at radius 1 is 1.35 bits per heavy atom. The third-order valence-electron chi connectivity index (χ3n) is 2.55. The number of ether oxygens (including phenoxy) is 1. The summed E-state index contributed by atoms with van der Waals surface area (Å²) < 4.78 is 5.21. The van der Waals surface area contributed by atoms with Crippen LogP contribution in [0.4, 0.5) is 5.82 Å². The molecule has 0 atom stereocenters. The quantitative estimate of drug-likeness (QED) is 0.817. The van der Waals surface area contributed by atoms with Crippen LogP contribution in [0.25, 0.3) is 11.4 Å². The lowest BCUT2D eigenvalue weighted by molar-refractivity contribution is 0.416. The molecule has 0 unspecified atom stereocenters. The van der Waals surface area contributed by atoms with E-state index in [0.29, 0.717) is 22.7 Å². The summed E-state index contributed by atoms with van der Waals surface area (Å²) in [6, 6.07) is 7.29. The van der Waals surface area contributed by atoms with Crippen LogP contribution in [-0.4, -0.2) is 17.1 Å². The van der Waals surface area contributed by atoms with Crippen LogP contribution in [0.3, 0.4) is 0 Å². The molecule has 0 fully saturated rings. The van der Waals surface area contributed by atoms with Crippen molar-refractivity contribution in [1.82, 2.24) is 9.97 Å². The highest BCUT2D eigenvalue weighted by atomic mass is 16.5. The second-order valence-electron chi connectivity index (χ2n) is 3.63. The van der Waals surface area contributed by atoms with Gasteiger partial charge in [0.15, 0.2) is 0 Å². The molecule has 0 aliphatic heterocycles. The predicted molar refractivity (Wildman–Crippen MR) is 66.0 cm³/mol. The number of rotatable bonds is 2. The summed E-state index contributed by atoms with van der Waals surface area (Å²) in [5.74, 6) is 1.28. The largest absolute Gasteiger partial charge is 0.496 e. The van der Waals surface area contributed by atoms with Gasteiger partial charge in [-0.1, -0.05) is 12.1 Å². The average Bonchev–Trinajstić information content (AvgIpc) is 2.35. The molecule has 17 heavy (non-hydrogen) atoms. The van der Waals surface area contributed by atoms with Crippen LogP contribution in [0.5, 0.6) is 5.75 Å². The number of aromatic nitrogens is 2. The maximum absolute atomic E-state index is 11.6. The van der Waals surface area contributed by atoms with Crippen molar-refractivity contribution < 1.29 is 4.74 Å². The van der Waals surface area contributed by atoms with Gasteiger partial charge in [0.1, 0.15) is 17.4 Å². The van der Waals surface area contributed by atoms with Crippen LogP contribution in [0.15, 0.2) is 29.1 Å². The van der Waals surface area contributed by atoms with Crippen LogP contribution >= 0.6 is 0 Å². The summed E-state index contributed by atoms with van der Waals surface area (Å²) in [4.78, 5) is 18.5. The minimum Gasteiger partial charge on any atom is -0.496 e. The van der Waals surface area contributed by atoms with Gasteiger partial charge < -0.3 is 15.5 Å². The first kappa shape index (κ1) is 11.2. The number of methoxy groups -OCH3 is 1. The molecule has 0 bridgehead atoms. The molecule has 88 valence electrons. The van der Waals surface area contributed by atoms with Crippen molar-refractivity contribution in [3.8, 4) is 17.1 Å². The second kappa shape index (κ2) is 4.29. The molecular weight excluding hydrogens is 218 g/mol. The lowest BCUT2D eigenvalue weighted by atomic mass is 10.2. The minimum atomic E-state index is -0.238. The molecule has 3 N–H and O–H groups in total. The number of hydrogen-bond donors (Lipinski definition) is 2. The van der Waals surface area contributed by atoms with E-state index in [4.69, 9.17) is 10.5 Å². The van der Waals surface area contributed by atoms with Crippen molar-refractivity contribution in [3.05, 3.63) is 40.2 Å². The molecule has 1 aromatic heterocycles.